The molecular formula is C28H30F9N7O2. The van der Waals surface area contributed by atoms with Crippen LogP contribution in [0.2, 0.25) is 0 Å². The lowest BCUT2D eigenvalue weighted by Crippen LogP contribution is -2.59. The van der Waals surface area contributed by atoms with Crippen LogP contribution in [0.4, 0.5) is 39.5 Å². The summed E-state index contributed by atoms with van der Waals surface area (Å²) in [6.07, 6.45) is -7.37. The first-order valence-corrected chi connectivity index (χ1v) is 14.5. The molecule has 2 saturated carbocycles. The molecule has 3 atom stereocenters. The van der Waals surface area contributed by atoms with Gasteiger partial charge in [0.05, 0.1) is 48.2 Å². The van der Waals surface area contributed by atoms with E-state index < -0.39 is 98.3 Å². The van der Waals surface area contributed by atoms with Crippen LogP contribution in [0.5, 0.6) is 0 Å². The number of H-pyrrole nitrogens is 1. The Morgan fingerprint density at radius 3 is 2.41 bits per heavy atom. The monoisotopic (exact) mass is 667 g/mol. The van der Waals surface area contributed by atoms with Gasteiger partial charge in [-0.2, -0.15) is 40.6 Å². The van der Waals surface area contributed by atoms with Crippen molar-refractivity contribution in [2.45, 2.75) is 94.4 Å². The molecule has 0 spiro atoms. The third-order valence-corrected chi connectivity index (χ3v) is 8.51. The molecule has 0 radical (unpaired) electrons. The van der Waals surface area contributed by atoms with E-state index in [0.717, 1.165) is 11.0 Å². The minimum absolute atomic E-state index is 0.0267. The molecule has 18 heteroatoms. The van der Waals surface area contributed by atoms with Gasteiger partial charge in [-0.1, -0.05) is 6.07 Å². The van der Waals surface area contributed by atoms with E-state index in [1.807, 2.05) is 0 Å². The molecule has 2 amide bonds. The Balaban J connectivity index is 1.32. The zero-order valence-corrected chi connectivity index (χ0v) is 24.3. The lowest BCUT2D eigenvalue weighted by molar-refractivity contribution is -0.316. The van der Waals surface area contributed by atoms with Crippen LogP contribution < -0.4 is 10.6 Å². The molecule has 9 nitrogen and oxygen atoms in total. The molecule has 1 aromatic carbocycles. The van der Waals surface area contributed by atoms with Gasteiger partial charge in [0.2, 0.25) is 11.8 Å². The Kier molecular flexibility index (Phi) is 8.78. The summed E-state index contributed by atoms with van der Waals surface area (Å²) in [7, 11) is 0. The van der Waals surface area contributed by atoms with E-state index in [9.17, 15) is 49.1 Å². The van der Waals surface area contributed by atoms with Gasteiger partial charge in [-0.15, -0.1) is 5.10 Å². The molecule has 2 aliphatic rings. The van der Waals surface area contributed by atoms with Crippen molar-refractivity contribution in [3.8, 4) is 0 Å². The highest BCUT2D eigenvalue weighted by Crippen LogP contribution is 2.55. The molecule has 2 aliphatic carbocycles. The highest BCUT2D eigenvalue weighted by Gasteiger charge is 2.71. The Labute approximate surface area is 255 Å². The van der Waals surface area contributed by atoms with Crippen LogP contribution in [0.25, 0.3) is 11.0 Å². The number of nitrogens with one attached hydrogen (secondary N) is 3. The van der Waals surface area contributed by atoms with Crippen molar-refractivity contribution in [1.29, 1.82) is 0 Å². The smallest absolute Gasteiger partial charge is 0.350 e. The largest absolute Gasteiger partial charge is 0.389 e. The van der Waals surface area contributed by atoms with E-state index in [4.69, 9.17) is 0 Å². The summed E-state index contributed by atoms with van der Waals surface area (Å²) in [6.45, 7) is 0.935. The van der Waals surface area contributed by atoms with Crippen LogP contribution in [0.1, 0.15) is 85.8 Å². The van der Waals surface area contributed by atoms with E-state index in [-0.39, 0.29) is 24.4 Å². The standard InChI is InChI=1S/C28H30F9N7O2/c1-14(39-21(45)6-9-27(33,34)35)16-2-3-18-19(10-16)41-23(40-18)22(15-4-7-25(29,30)8-5-15)42-24(46)20-12-38-44(43-20)13-17-11-26(31,32)28(17,36)37/h2-3,10,12,14-15,17,22H,4-9,11,13H2,1H3,(H,39,45)(H,40,41)(H,42,46)/t14-,17?,22+/m1/s1. The van der Waals surface area contributed by atoms with Gasteiger partial charge in [0.25, 0.3) is 5.91 Å². The normalized spacial score (nSPS) is 22.2. The van der Waals surface area contributed by atoms with Gasteiger partial charge in [-0.05, 0) is 43.4 Å². The average molecular weight is 668 g/mol. The van der Waals surface area contributed by atoms with Gasteiger partial charge in [0, 0.05) is 25.7 Å². The van der Waals surface area contributed by atoms with Crippen LogP contribution in [0.15, 0.2) is 24.4 Å². The number of hydrogen-bond acceptors (Lipinski definition) is 5. The molecule has 2 fully saturated rings. The Hall–Kier alpha value is -3.86. The third kappa shape index (κ3) is 7.24. The number of nitrogens with zero attached hydrogens (tertiary/aromatic N) is 4. The van der Waals surface area contributed by atoms with E-state index in [2.05, 4.69) is 30.8 Å². The summed E-state index contributed by atoms with van der Waals surface area (Å²) >= 11 is 0. The second-order valence-corrected chi connectivity index (χ2v) is 12.0. The fourth-order valence-corrected chi connectivity index (χ4v) is 5.74. The topological polar surface area (TPSA) is 118 Å². The summed E-state index contributed by atoms with van der Waals surface area (Å²) in [5.74, 6) is -14.9. The van der Waals surface area contributed by atoms with Crippen molar-refractivity contribution in [2.24, 2.45) is 11.8 Å². The quantitative estimate of drug-likeness (QED) is 0.221. The maximum atomic E-state index is 14.0. The number of carbonyl (C=O) groups is 2. The number of fused-ring (bicyclic) bond motifs is 1. The van der Waals surface area contributed by atoms with Gasteiger partial charge in [-0.3, -0.25) is 9.59 Å². The number of hydrogen-bond donors (Lipinski definition) is 3. The highest BCUT2D eigenvalue weighted by molar-refractivity contribution is 5.92. The molecule has 3 N–H and O–H groups in total. The fraction of sp³-hybridized carbons (Fsp3) is 0.607. The van der Waals surface area contributed by atoms with Crippen LogP contribution >= 0.6 is 0 Å². The average Bonchev–Trinajstić information content (AvgIpc) is 3.61. The van der Waals surface area contributed by atoms with Crippen molar-refractivity contribution < 1.29 is 49.1 Å². The summed E-state index contributed by atoms with van der Waals surface area (Å²) < 4.78 is 119. The predicted octanol–water partition coefficient (Wildman–Crippen LogP) is 6.26. The number of benzene rings is 1. The minimum Gasteiger partial charge on any atom is -0.350 e. The first-order valence-electron chi connectivity index (χ1n) is 14.5. The second-order valence-electron chi connectivity index (χ2n) is 12.0. The van der Waals surface area contributed by atoms with Crippen LogP contribution in [0, 0.1) is 11.8 Å². The summed E-state index contributed by atoms with van der Waals surface area (Å²) in [5, 5.41) is 12.8. The molecular weight excluding hydrogens is 637 g/mol. The molecule has 0 saturated heterocycles. The van der Waals surface area contributed by atoms with Crippen molar-refractivity contribution in [1.82, 2.24) is 35.6 Å². The second kappa shape index (κ2) is 12.1. The van der Waals surface area contributed by atoms with Crippen molar-refractivity contribution >= 4 is 22.8 Å². The van der Waals surface area contributed by atoms with Crippen LogP contribution in [-0.4, -0.2) is 60.7 Å². The zero-order valence-electron chi connectivity index (χ0n) is 24.3. The predicted molar refractivity (Wildman–Crippen MR) is 143 cm³/mol. The summed E-state index contributed by atoms with van der Waals surface area (Å²) in [6, 6.07) is 3.21. The number of amides is 2. The lowest BCUT2D eigenvalue weighted by Gasteiger charge is -2.43. The first kappa shape index (κ1) is 33.5. The Morgan fingerprint density at radius 2 is 1.78 bits per heavy atom. The van der Waals surface area contributed by atoms with Crippen LogP contribution in [-0.2, 0) is 11.3 Å². The van der Waals surface area contributed by atoms with E-state index in [0.29, 0.717) is 16.6 Å². The van der Waals surface area contributed by atoms with E-state index >= 15 is 0 Å². The maximum Gasteiger partial charge on any atom is 0.389 e. The molecule has 2 aromatic heterocycles. The minimum atomic E-state index is -4.48. The van der Waals surface area contributed by atoms with Crippen molar-refractivity contribution in [3.63, 3.8) is 0 Å². The van der Waals surface area contributed by atoms with Gasteiger partial charge in [-0.25, -0.2) is 13.8 Å². The van der Waals surface area contributed by atoms with Gasteiger partial charge in [0.15, 0.2) is 5.69 Å². The molecule has 1 unspecified atom stereocenters. The molecule has 3 aromatic rings. The molecule has 5 rings (SSSR count). The molecule has 0 bridgehead atoms. The fourth-order valence-electron chi connectivity index (χ4n) is 5.74. The summed E-state index contributed by atoms with van der Waals surface area (Å²) in [5.41, 5.74) is 1.08. The molecule has 2 heterocycles. The van der Waals surface area contributed by atoms with Crippen LogP contribution in [0.3, 0.4) is 0 Å². The molecule has 0 aliphatic heterocycles. The van der Waals surface area contributed by atoms with E-state index in [1.165, 1.54) is 0 Å². The number of carbonyl (C=O) groups excluding carboxylic acids is 2. The third-order valence-electron chi connectivity index (χ3n) is 8.51. The van der Waals surface area contributed by atoms with Crippen molar-refractivity contribution in [2.75, 3.05) is 0 Å². The Bertz CT molecular complexity index is 1580. The maximum absolute atomic E-state index is 14.0. The SMILES string of the molecule is C[C@@H](NC(=O)CCC(F)(F)F)c1ccc2nc([C@@H](NC(=O)c3cnn(CC4CC(F)(F)C4(F)F)n3)C3CCC(F)(F)CC3)[nH]c2c1. The first-order chi connectivity index (χ1) is 21.3. The van der Waals surface area contributed by atoms with Crippen molar-refractivity contribution in [3.05, 3.63) is 41.5 Å². The zero-order chi connectivity index (χ0) is 33.7. The number of halogens is 9. The Morgan fingerprint density at radius 1 is 1.09 bits per heavy atom. The number of alkyl halides is 9. The molecule has 252 valence electrons. The number of imidazole rings is 1. The number of aromatic amines is 1. The van der Waals surface area contributed by atoms with Gasteiger partial charge < -0.3 is 15.6 Å². The summed E-state index contributed by atoms with van der Waals surface area (Å²) in [4.78, 5) is 33.5. The number of rotatable bonds is 10. The van der Waals surface area contributed by atoms with E-state index in [1.54, 1.807) is 25.1 Å². The number of aromatic nitrogens is 5. The van der Waals surface area contributed by atoms with Gasteiger partial charge >= 0.3 is 18.0 Å². The lowest BCUT2D eigenvalue weighted by atomic mass is 9.77. The van der Waals surface area contributed by atoms with Gasteiger partial charge in [0.1, 0.15) is 5.82 Å². The molecule has 46 heavy (non-hydrogen) atoms. The highest BCUT2D eigenvalue weighted by atomic mass is 19.4.